The molecule has 0 aromatic heterocycles. The molecule has 0 heterocycles. The molecule has 0 aliphatic heterocycles. The second kappa shape index (κ2) is 7.75. The Balaban J connectivity index is 1.88. The van der Waals surface area contributed by atoms with Crippen LogP contribution in [0.5, 0.6) is 0 Å². The summed E-state index contributed by atoms with van der Waals surface area (Å²) in [5.74, 6) is 0.346. The Labute approximate surface area is 144 Å². The first-order valence-electron chi connectivity index (χ1n) is 8.61. The van der Waals surface area contributed by atoms with Gasteiger partial charge < -0.3 is 0 Å². The number of ketones is 1. The van der Waals surface area contributed by atoms with E-state index >= 15 is 0 Å². The molecular formula is C20H28N2O2. The van der Waals surface area contributed by atoms with E-state index in [9.17, 15) is 9.59 Å². The van der Waals surface area contributed by atoms with Gasteiger partial charge in [-0.3, -0.25) is 15.0 Å². The maximum Gasteiger partial charge on any atom is 0.265 e. The summed E-state index contributed by atoms with van der Waals surface area (Å²) in [4.78, 5) is 24.8. The lowest BCUT2D eigenvalue weighted by molar-refractivity contribution is -0.128. The van der Waals surface area contributed by atoms with Gasteiger partial charge in [0, 0.05) is 23.9 Å². The summed E-state index contributed by atoms with van der Waals surface area (Å²) in [5.41, 5.74) is 6.22. The number of hydrogen-bond acceptors (Lipinski definition) is 3. The zero-order chi connectivity index (χ0) is 17.7. The highest BCUT2D eigenvalue weighted by atomic mass is 16.2. The highest BCUT2D eigenvalue weighted by molar-refractivity contribution is 5.93. The van der Waals surface area contributed by atoms with Gasteiger partial charge in [0.25, 0.3) is 5.91 Å². The minimum absolute atomic E-state index is 0.0156. The molecule has 1 aliphatic rings. The normalized spacial score (nSPS) is 23.5. The highest BCUT2D eigenvalue weighted by Gasteiger charge is 2.39. The van der Waals surface area contributed by atoms with Crippen LogP contribution >= 0.6 is 0 Å². The number of carbonyl (C=O) groups excluding carboxylic acids is 2. The van der Waals surface area contributed by atoms with Crippen molar-refractivity contribution in [1.82, 2.24) is 10.9 Å². The SMILES string of the molecule is C[C@@H](CC(=O)[C@H]1[C@@H](C)C=CCC1(C)C)NNC(=O)c1ccccc1. The largest absolute Gasteiger partial charge is 0.299 e. The van der Waals surface area contributed by atoms with Crippen LogP contribution < -0.4 is 10.9 Å². The maximum absolute atomic E-state index is 12.8. The molecule has 0 saturated carbocycles. The molecule has 1 aromatic carbocycles. The number of rotatable bonds is 6. The Morgan fingerprint density at radius 2 is 1.92 bits per heavy atom. The predicted octanol–water partition coefficient (Wildman–Crippen LogP) is 3.51. The zero-order valence-corrected chi connectivity index (χ0v) is 15.0. The molecule has 2 rings (SSSR count). The minimum atomic E-state index is -0.191. The number of nitrogens with one attached hydrogen (secondary N) is 2. The lowest BCUT2D eigenvalue weighted by Crippen LogP contribution is -2.46. The van der Waals surface area contributed by atoms with Crippen molar-refractivity contribution in [3.05, 3.63) is 48.0 Å². The Morgan fingerprint density at radius 1 is 1.25 bits per heavy atom. The van der Waals surface area contributed by atoms with Crippen molar-refractivity contribution in [1.29, 1.82) is 0 Å². The molecule has 1 aromatic rings. The summed E-state index contributed by atoms with van der Waals surface area (Å²) in [6.07, 6.45) is 5.65. The summed E-state index contributed by atoms with van der Waals surface area (Å²) >= 11 is 0. The fraction of sp³-hybridized carbons (Fsp3) is 0.500. The van der Waals surface area contributed by atoms with E-state index in [1.165, 1.54) is 0 Å². The van der Waals surface area contributed by atoms with Gasteiger partial charge in [-0.1, -0.05) is 51.1 Å². The van der Waals surface area contributed by atoms with E-state index in [0.29, 0.717) is 12.0 Å². The first-order chi connectivity index (χ1) is 11.3. The van der Waals surface area contributed by atoms with Crippen LogP contribution in [0.4, 0.5) is 0 Å². The molecule has 0 bridgehead atoms. The minimum Gasteiger partial charge on any atom is -0.299 e. The van der Waals surface area contributed by atoms with Gasteiger partial charge in [0.05, 0.1) is 0 Å². The predicted molar refractivity (Wildman–Crippen MR) is 96.3 cm³/mol. The van der Waals surface area contributed by atoms with Crippen LogP contribution in [0.15, 0.2) is 42.5 Å². The first-order valence-corrected chi connectivity index (χ1v) is 8.61. The summed E-state index contributed by atoms with van der Waals surface area (Å²) in [7, 11) is 0. The topological polar surface area (TPSA) is 58.2 Å². The molecular weight excluding hydrogens is 300 g/mol. The van der Waals surface area contributed by atoms with Crippen LogP contribution in [0.3, 0.4) is 0 Å². The molecule has 1 aliphatic carbocycles. The number of allylic oxidation sites excluding steroid dienone is 2. The third-order valence-electron chi connectivity index (χ3n) is 4.77. The molecule has 4 nitrogen and oxygen atoms in total. The van der Waals surface area contributed by atoms with Gasteiger partial charge in [-0.2, -0.15) is 0 Å². The average molecular weight is 328 g/mol. The molecule has 3 atom stereocenters. The van der Waals surface area contributed by atoms with Crippen molar-refractivity contribution in [3.63, 3.8) is 0 Å². The van der Waals surface area contributed by atoms with E-state index in [4.69, 9.17) is 0 Å². The summed E-state index contributed by atoms with van der Waals surface area (Å²) in [6.45, 7) is 8.34. The number of benzene rings is 1. The van der Waals surface area contributed by atoms with Crippen LogP contribution in [0.2, 0.25) is 0 Å². The third kappa shape index (κ3) is 4.54. The quantitative estimate of drug-likeness (QED) is 0.620. The van der Waals surface area contributed by atoms with Gasteiger partial charge in [-0.05, 0) is 36.8 Å². The fourth-order valence-electron chi connectivity index (χ4n) is 3.60. The second-order valence-corrected chi connectivity index (χ2v) is 7.49. The maximum atomic E-state index is 12.8. The third-order valence-corrected chi connectivity index (χ3v) is 4.77. The van der Waals surface area contributed by atoms with Crippen LogP contribution in [0.25, 0.3) is 0 Å². The van der Waals surface area contributed by atoms with Crippen LogP contribution in [0.1, 0.15) is 50.9 Å². The summed E-state index contributed by atoms with van der Waals surface area (Å²) in [6, 6.07) is 8.91. The number of hydrazine groups is 1. The number of carbonyl (C=O) groups is 2. The fourth-order valence-corrected chi connectivity index (χ4v) is 3.60. The molecule has 4 heteroatoms. The number of Topliss-reactive ketones (excluding diaryl/α,β-unsaturated/α-hetero) is 1. The van der Waals surface area contributed by atoms with E-state index in [2.05, 4.69) is 43.8 Å². The second-order valence-electron chi connectivity index (χ2n) is 7.49. The van der Waals surface area contributed by atoms with Gasteiger partial charge in [0.1, 0.15) is 5.78 Å². The molecule has 1 amide bonds. The summed E-state index contributed by atoms with van der Waals surface area (Å²) < 4.78 is 0. The van der Waals surface area contributed by atoms with Crippen molar-refractivity contribution in [2.24, 2.45) is 17.3 Å². The van der Waals surface area contributed by atoms with Gasteiger partial charge in [-0.25, -0.2) is 5.43 Å². The molecule has 0 saturated heterocycles. The lowest BCUT2D eigenvalue weighted by Gasteiger charge is -2.39. The first kappa shape index (κ1) is 18.4. The van der Waals surface area contributed by atoms with Crippen LogP contribution in [0, 0.1) is 17.3 Å². The molecule has 130 valence electrons. The van der Waals surface area contributed by atoms with E-state index in [-0.39, 0.29) is 35.0 Å². The number of amides is 1. The Kier molecular flexibility index (Phi) is 5.94. The molecule has 24 heavy (non-hydrogen) atoms. The van der Waals surface area contributed by atoms with Crippen molar-refractivity contribution in [3.8, 4) is 0 Å². The van der Waals surface area contributed by atoms with Crippen molar-refractivity contribution < 1.29 is 9.59 Å². The van der Waals surface area contributed by atoms with Crippen LogP contribution in [-0.4, -0.2) is 17.7 Å². The molecule has 0 spiro atoms. The summed E-state index contributed by atoms with van der Waals surface area (Å²) in [5, 5.41) is 0. The standard InChI is InChI=1S/C20H28N2O2/c1-14-9-8-12-20(3,4)18(14)17(23)13-15(2)21-22-19(24)16-10-6-5-7-11-16/h5-11,14-15,18,21H,12-13H2,1-4H3,(H,22,24)/t14-,15-,18+/m0/s1. The van der Waals surface area contributed by atoms with Gasteiger partial charge >= 0.3 is 0 Å². The van der Waals surface area contributed by atoms with Gasteiger partial charge in [0.15, 0.2) is 0 Å². The molecule has 0 fully saturated rings. The van der Waals surface area contributed by atoms with Crippen LogP contribution in [-0.2, 0) is 4.79 Å². The smallest absolute Gasteiger partial charge is 0.265 e. The van der Waals surface area contributed by atoms with Crippen molar-refractivity contribution >= 4 is 11.7 Å². The van der Waals surface area contributed by atoms with Gasteiger partial charge in [0.2, 0.25) is 0 Å². The Hall–Kier alpha value is -1.94. The van der Waals surface area contributed by atoms with Gasteiger partial charge in [-0.15, -0.1) is 0 Å². The Bertz CT molecular complexity index is 607. The van der Waals surface area contributed by atoms with E-state index < -0.39 is 0 Å². The highest BCUT2D eigenvalue weighted by Crippen LogP contribution is 2.41. The van der Waals surface area contributed by atoms with E-state index in [0.717, 1.165) is 6.42 Å². The van der Waals surface area contributed by atoms with Crippen molar-refractivity contribution in [2.45, 2.75) is 46.6 Å². The van der Waals surface area contributed by atoms with E-state index in [1.807, 2.05) is 25.1 Å². The Morgan fingerprint density at radius 3 is 2.54 bits per heavy atom. The molecule has 2 N–H and O–H groups in total. The number of hydrogen-bond donors (Lipinski definition) is 2. The van der Waals surface area contributed by atoms with E-state index in [1.54, 1.807) is 12.1 Å². The monoisotopic (exact) mass is 328 g/mol. The molecule has 0 radical (unpaired) electrons. The zero-order valence-electron chi connectivity index (χ0n) is 15.0. The lowest BCUT2D eigenvalue weighted by atomic mass is 9.65. The van der Waals surface area contributed by atoms with Crippen molar-refractivity contribution in [2.75, 3.05) is 0 Å². The average Bonchev–Trinajstić information content (AvgIpc) is 2.52. The molecule has 0 unspecified atom stereocenters.